The minimum absolute atomic E-state index is 0.0173. The first kappa shape index (κ1) is 56.3. The number of nitrogens with one attached hydrogen (secondary N) is 3. The molecule has 80 heavy (non-hydrogen) atoms. The molecule has 16 nitrogen and oxygen atoms in total. The van der Waals surface area contributed by atoms with Gasteiger partial charge in [0.2, 0.25) is 17.7 Å². The first-order valence-electron chi connectivity index (χ1n) is 28.7. The summed E-state index contributed by atoms with van der Waals surface area (Å²) < 4.78 is 42.6. The number of piperazine rings is 2. The summed E-state index contributed by atoms with van der Waals surface area (Å²) in [5.74, 6) is -2.18. The topological polar surface area (TPSA) is 175 Å². The highest BCUT2D eigenvalue weighted by Gasteiger charge is 2.37. The van der Waals surface area contributed by atoms with Gasteiger partial charge in [-0.05, 0) is 111 Å². The Morgan fingerprint density at radius 1 is 0.650 bits per heavy atom. The quantitative estimate of drug-likeness (QED) is 0.107. The second-order valence-electron chi connectivity index (χ2n) is 22.5. The molecule has 3 N–H and O–H groups in total. The van der Waals surface area contributed by atoms with E-state index in [-0.39, 0.29) is 65.2 Å². The molecular weight excluding hydrogens is 1030 g/mol. The number of aromatic amines is 1. The number of carbonyl (C=O) groups excluding carboxylic acids is 5. The van der Waals surface area contributed by atoms with Crippen LogP contribution in [0.15, 0.2) is 89.7 Å². The van der Waals surface area contributed by atoms with Gasteiger partial charge in [-0.25, -0.2) is 18.3 Å². The van der Waals surface area contributed by atoms with Crippen molar-refractivity contribution < 1.29 is 37.1 Å². The molecule has 0 spiro atoms. The zero-order chi connectivity index (χ0) is 55.7. The summed E-state index contributed by atoms with van der Waals surface area (Å²) in [4.78, 5) is 93.0. The molecule has 2 atom stereocenters. The van der Waals surface area contributed by atoms with E-state index >= 15 is 4.39 Å². The van der Waals surface area contributed by atoms with Crippen molar-refractivity contribution in [3.63, 3.8) is 0 Å². The van der Waals surface area contributed by atoms with Crippen LogP contribution in [-0.4, -0.2) is 173 Å². The highest BCUT2D eigenvalue weighted by atomic mass is 19.1. The summed E-state index contributed by atoms with van der Waals surface area (Å²) in [5.41, 5.74) is 2.71. The number of hydrogen-bond acceptors (Lipinski definition) is 10. The number of benzene rings is 4. The Labute approximate surface area is 465 Å². The molecule has 5 heterocycles. The Kier molecular flexibility index (Phi) is 18.4. The maximum absolute atomic E-state index is 15.1. The van der Waals surface area contributed by atoms with Gasteiger partial charge in [0.25, 0.3) is 17.4 Å². The highest BCUT2D eigenvalue weighted by Crippen LogP contribution is 2.31. The van der Waals surface area contributed by atoms with Crippen LogP contribution in [0.1, 0.15) is 107 Å². The summed E-state index contributed by atoms with van der Waals surface area (Å²) in [7, 11) is 0. The zero-order valence-electron chi connectivity index (χ0n) is 45.5. The third kappa shape index (κ3) is 13.8. The minimum atomic E-state index is -0.659. The van der Waals surface area contributed by atoms with E-state index in [4.69, 9.17) is 0 Å². The molecule has 0 bridgehead atoms. The van der Waals surface area contributed by atoms with E-state index in [0.29, 0.717) is 98.8 Å². The van der Waals surface area contributed by atoms with Crippen LogP contribution in [0.2, 0.25) is 0 Å². The van der Waals surface area contributed by atoms with E-state index < -0.39 is 29.4 Å². The Hall–Kier alpha value is -6.96. The third-order valence-corrected chi connectivity index (χ3v) is 17.3. The molecule has 5 aromatic rings. The lowest BCUT2D eigenvalue weighted by Gasteiger charge is -2.41. The molecule has 5 aliphatic rings. The van der Waals surface area contributed by atoms with Crippen molar-refractivity contribution in [2.45, 2.75) is 82.7 Å². The number of carbonyl (C=O) groups is 5. The lowest BCUT2D eigenvalue weighted by molar-refractivity contribution is -0.137. The molecule has 10 rings (SSSR count). The van der Waals surface area contributed by atoms with Crippen molar-refractivity contribution in [2.24, 2.45) is 11.8 Å². The van der Waals surface area contributed by atoms with Gasteiger partial charge in [-0.15, -0.1) is 0 Å². The fourth-order valence-corrected chi connectivity index (χ4v) is 12.6. The van der Waals surface area contributed by atoms with Crippen LogP contribution in [0.5, 0.6) is 0 Å². The molecule has 19 heteroatoms. The number of nitrogens with zero attached hydrogens (tertiary/aromatic N) is 7. The molecule has 5 fully saturated rings. The van der Waals surface area contributed by atoms with Crippen LogP contribution in [0.4, 0.5) is 13.2 Å². The Balaban J connectivity index is 0.651. The van der Waals surface area contributed by atoms with Crippen molar-refractivity contribution in [2.75, 3.05) is 98.2 Å². The predicted molar refractivity (Wildman–Crippen MR) is 297 cm³/mol. The van der Waals surface area contributed by atoms with Crippen LogP contribution >= 0.6 is 0 Å². The molecule has 4 saturated heterocycles. The van der Waals surface area contributed by atoms with Gasteiger partial charge in [0.15, 0.2) is 0 Å². The second-order valence-corrected chi connectivity index (χ2v) is 22.5. The summed E-state index contributed by atoms with van der Waals surface area (Å²) >= 11 is 0. The number of piperidine rings is 2. The van der Waals surface area contributed by atoms with Gasteiger partial charge in [0, 0.05) is 113 Å². The normalized spacial score (nSPS) is 19.5. The average Bonchev–Trinajstić information content (AvgIpc) is 3.50. The van der Waals surface area contributed by atoms with Crippen molar-refractivity contribution in [3.8, 4) is 0 Å². The van der Waals surface area contributed by atoms with E-state index in [9.17, 15) is 37.5 Å². The summed E-state index contributed by atoms with van der Waals surface area (Å²) in [5, 5.41) is 14.2. The molecular formula is C61H73F3N10O6. The SMILES string of the molecule is O=C(N[C@@H](C(=O)N1CCN(CC2CCN(CC(=O)N3CCN(C(=O)c4cc(Cc5n[nH]c(=O)c6ccccc56)ccc4F)CC3)CC2)CC1)C1CCCCC1)c1cccc([C@H]2CCCN(C(=O)CNCc3ccc(F)cc3F)C2)c1. The number of amides is 5. The van der Waals surface area contributed by atoms with Crippen LogP contribution < -0.4 is 16.2 Å². The lowest BCUT2D eigenvalue weighted by atomic mass is 9.83. The fraction of sp³-hybridized carbons (Fsp3) is 0.492. The van der Waals surface area contributed by atoms with Gasteiger partial charge in [-0.3, -0.25) is 38.6 Å². The number of aromatic nitrogens is 2. The van der Waals surface area contributed by atoms with Gasteiger partial charge >= 0.3 is 0 Å². The van der Waals surface area contributed by atoms with Crippen LogP contribution in [-0.2, 0) is 27.3 Å². The van der Waals surface area contributed by atoms with E-state index in [1.807, 2.05) is 35.2 Å². The number of fused-ring (bicyclic) bond motifs is 1. The Morgan fingerprint density at radius 2 is 1.39 bits per heavy atom. The maximum Gasteiger partial charge on any atom is 0.272 e. The maximum atomic E-state index is 15.1. The van der Waals surface area contributed by atoms with Crippen molar-refractivity contribution >= 4 is 40.3 Å². The van der Waals surface area contributed by atoms with Gasteiger partial charge in [-0.1, -0.05) is 61.7 Å². The largest absolute Gasteiger partial charge is 0.341 e. The van der Waals surface area contributed by atoms with Crippen molar-refractivity contribution in [1.82, 2.24) is 50.2 Å². The standard InChI is InChI=1S/C61H73F3N10O6/c62-48-17-16-46(53(64)35-48)36-65-37-55(75)74-21-7-12-47(39-74)44-10-6-11-45(34-44)58(77)66-57(43-8-2-1-3-9-43)61(80)73-26-24-70(25-27-73)38-41-19-22-69(23-20-41)40-56(76)71-28-30-72(31-29-71)60(79)51-32-42(15-18-52(51)63)33-54-49-13-4-5-14-50(49)59(78)68-67-54/h4-6,10-11,13-18,32,34-35,41,43,47,57,65H,1-3,7-9,12,19-31,33,36-40H2,(H,66,77)(H,68,78)/t47-,57+/m0/s1. The van der Waals surface area contributed by atoms with E-state index in [0.717, 1.165) is 102 Å². The van der Waals surface area contributed by atoms with Gasteiger partial charge < -0.3 is 30.2 Å². The number of hydrogen-bond donors (Lipinski definition) is 3. The molecule has 1 aliphatic carbocycles. The molecule has 5 amide bonds. The number of H-pyrrole nitrogens is 1. The highest BCUT2D eigenvalue weighted by molar-refractivity contribution is 5.98. The summed E-state index contributed by atoms with van der Waals surface area (Å²) in [6.45, 7) is 8.06. The van der Waals surface area contributed by atoms with Gasteiger partial charge in [0.05, 0.1) is 29.7 Å². The molecule has 0 radical (unpaired) electrons. The monoisotopic (exact) mass is 1100 g/mol. The summed E-state index contributed by atoms with van der Waals surface area (Å²) in [6, 6.07) is 21.9. The van der Waals surface area contributed by atoms with E-state index in [2.05, 4.69) is 30.6 Å². The van der Waals surface area contributed by atoms with Crippen LogP contribution in [0, 0.1) is 29.3 Å². The molecule has 1 saturated carbocycles. The molecule has 1 aromatic heterocycles. The number of likely N-dealkylation sites (tertiary alicyclic amines) is 2. The predicted octanol–water partition coefficient (Wildman–Crippen LogP) is 5.95. The fourth-order valence-electron chi connectivity index (χ4n) is 12.6. The Morgan fingerprint density at radius 3 is 2.15 bits per heavy atom. The lowest BCUT2D eigenvalue weighted by Crippen LogP contribution is -2.57. The van der Waals surface area contributed by atoms with Crippen LogP contribution in [0.3, 0.4) is 0 Å². The second kappa shape index (κ2) is 26.1. The van der Waals surface area contributed by atoms with Crippen LogP contribution in [0.25, 0.3) is 10.8 Å². The summed E-state index contributed by atoms with van der Waals surface area (Å²) in [6.07, 6.45) is 8.81. The first-order valence-corrected chi connectivity index (χ1v) is 28.7. The minimum Gasteiger partial charge on any atom is -0.341 e. The average molecular weight is 1100 g/mol. The van der Waals surface area contributed by atoms with E-state index in [1.54, 1.807) is 45.0 Å². The molecule has 4 aromatic carbocycles. The van der Waals surface area contributed by atoms with Gasteiger partial charge in [0.1, 0.15) is 23.5 Å². The Bertz CT molecular complexity index is 3090. The number of halogens is 3. The smallest absolute Gasteiger partial charge is 0.272 e. The first-order chi connectivity index (χ1) is 38.8. The molecule has 4 aliphatic heterocycles. The zero-order valence-corrected chi connectivity index (χ0v) is 45.5. The molecule has 0 unspecified atom stereocenters. The van der Waals surface area contributed by atoms with Crippen molar-refractivity contribution in [1.29, 1.82) is 0 Å². The van der Waals surface area contributed by atoms with E-state index in [1.165, 1.54) is 18.2 Å². The number of rotatable bonds is 16. The third-order valence-electron chi connectivity index (χ3n) is 17.3. The van der Waals surface area contributed by atoms with Gasteiger partial charge in [-0.2, -0.15) is 5.10 Å². The molecule has 424 valence electrons. The van der Waals surface area contributed by atoms with Crippen molar-refractivity contribution in [3.05, 3.63) is 146 Å².